The Labute approximate surface area is 192 Å². The van der Waals surface area contributed by atoms with Crippen LogP contribution >= 0.6 is 39.9 Å². The minimum Gasteiger partial charge on any atom is -0.299 e. The molecule has 0 spiro atoms. The van der Waals surface area contributed by atoms with Crippen molar-refractivity contribution in [3.05, 3.63) is 57.3 Å². The Balaban J connectivity index is 0.00000300. The van der Waals surface area contributed by atoms with Crippen molar-refractivity contribution in [1.82, 2.24) is 14.6 Å². The standard InChI is InChI=1S/C20H25BrClN3O2S.ClH/c21-19-13-18(14-23-20(19)22)28(26,27)24-10-5-1-2-6-11-25-12-9-16-7-3-4-8-17(16)15-25;/h3-4,7-8,13-14,24H,1-2,5-6,9-12,15H2;1H. The van der Waals surface area contributed by atoms with E-state index in [1.54, 1.807) is 0 Å². The summed E-state index contributed by atoms with van der Waals surface area (Å²) in [5.41, 5.74) is 2.93. The summed E-state index contributed by atoms with van der Waals surface area (Å²) in [5.74, 6) is 0. The van der Waals surface area contributed by atoms with Crippen LogP contribution in [0.5, 0.6) is 0 Å². The highest BCUT2D eigenvalue weighted by Gasteiger charge is 2.16. The highest BCUT2D eigenvalue weighted by atomic mass is 79.9. The third-order valence-electron chi connectivity index (χ3n) is 4.98. The molecule has 0 saturated carbocycles. The van der Waals surface area contributed by atoms with Gasteiger partial charge in [0.1, 0.15) is 10.0 Å². The highest BCUT2D eigenvalue weighted by Crippen LogP contribution is 2.22. The molecule has 0 radical (unpaired) electrons. The van der Waals surface area contributed by atoms with E-state index in [1.807, 2.05) is 0 Å². The third kappa shape index (κ3) is 7.19. The summed E-state index contributed by atoms with van der Waals surface area (Å²) in [6.07, 6.45) is 6.48. The van der Waals surface area contributed by atoms with Gasteiger partial charge < -0.3 is 0 Å². The summed E-state index contributed by atoms with van der Waals surface area (Å²) in [6.45, 7) is 3.70. The minimum absolute atomic E-state index is 0. The Kier molecular flexibility index (Phi) is 9.85. The van der Waals surface area contributed by atoms with Gasteiger partial charge in [-0.05, 0) is 58.9 Å². The topological polar surface area (TPSA) is 62.3 Å². The molecule has 0 unspecified atom stereocenters. The second kappa shape index (κ2) is 11.6. The van der Waals surface area contributed by atoms with Gasteiger partial charge in [0.15, 0.2) is 0 Å². The lowest BCUT2D eigenvalue weighted by molar-refractivity contribution is 0.248. The van der Waals surface area contributed by atoms with E-state index in [1.165, 1.54) is 23.4 Å². The Morgan fingerprint density at radius 1 is 1.14 bits per heavy atom. The first-order valence-corrected chi connectivity index (χ1v) is 12.2. The molecule has 2 heterocycles. The molecule has 160 valence electrons. The van der Waals surface area contributed by atoms with Crippen LogP contribution in [0.3, 0.4) is 0 Å². The van der Waals surface area contributed by atoms with Crippen LogP contribution in [-0.4, -0.2) is 37.9 Å². The number of hydrogen-bond donors (Lipinski definition) is 1. The second-order valence-corrected chi connectivity index (χ2v) is 10.0. The number of hydrogen-bond acceptors (Lipinski definition) is 4. The molecule has 9 heteroatoms. The molecule has 2 aromatic rings. The van der Waals surface area contributed by atoms with Crippen LogP contribution in [0.4, 0.5) is 0 Å². The minimum atomic E-state index is -3.55. The largest absolute Gasteiger partial charge is 0.299 e. The number of unbranched alkanes of at least 4 members (excludes halogenated alkanes) is 3. The first kappa shape index (κ1) is 24.6. The van der Waals surface area contributed by atoms with Crippen molar-refractivity contribution < 1.29 is 8.42 Å². The molecule has 5 nitrogen and oxygen atoms in total. The van der Waals surface area contributed by atoms with Crippen molar-refractivity contribution in [2.24, 2.45) is 0 Å². The average Bonchev–Trinajstić information content (AvgIpc) is 2.69. The Bertz CT molecular complexity index is 912. The molecule has 0 atom stereocenters. The molecule has 0 amide bonds. The van der Waals surface area contributed by atoms with Crippen LogP contribution in [-0.2, 0) is 23.0 Å². The zero-order valence-electron chi connectivity index (χ0n) is 16.1. The van der Waals surface area contributed by atoms with Crippen LogP contribution in [0.2, 0.25) is 5.15 Å². The Morgan fingerprint density at radius 3 is 2.62 bits per heavy atom. The van der Waals surface area contributed by atoms with Gasteiger partial charge in [-0.1, -0.05) is 48.7 Å². The van der Waals surface area contributed by atoms with Gasteiger partial charge in [-0.25, -0.2) is 18.1 Å². The molecule has 1 aromatic carbocycles. The molecule has 1 aliphatic heterocycles. The lowest BCUT2D eigenvalue weighted by Gasteiger charge is -2.28. The summed E-state index contributed by atoms with van der Waals surface area (Å²) in [7, 11) is -3.55. The molecular weight excluding hydrogens is 497 g/mol. The molecule has 0 aliphatic carbocycles. The number of nitrogens with one attached hydrogen (secondary N) is 1. The highest BCUT2D eigenvalue weighted by molar-refractivity contribution is 9.10. The van der Waals surface area contributed by atoms with Crippen LogP contribution in [0.15, 0.2) is 45.9 Å². The van der Waals surface area contributed by atoms with Crippen molar-refractivity contribution in [3.8, 4) is 0 Å². The van der Waals surface area contributed by atoms with Gasteiger partial charge in [0.2, 0.25) is 10.0 Å². The van der Waals surface area contributed by atoms with Gasteiger partial charge in [-0.3, -0.25) is 4.90 Å². The van der Waals surface area contributed by atoms with Gasteiger partial charge in [-0.2, -0.15) is 0 Å². The van der Waals surface area contributed by atoms with E-state index in [0.29, 0.717) is 11.0 Å². The van der Waals surface area contributed by atoms with Gasteiger partial charge in [-0.15, -0.1) is 12.4 Å². The zero-order valence-corrected chi connectivity index (χ0v) is 20.1. The monoisotopic (exact) mass is 521 g/mol. The van der Waals surface area contributed by atoms with Gasteiger partial charge >= 0.3 is 0 Å². The fourth-order valence-corrected chi connectivity index (χ4v) is 5.05. The predicted molar refractivity (Wildman–Crippen MR) is 123 cm³/mol. The summed E-state index contributed by atoms with van der Waals surface area (Å²) in [5, 5.41) is 0.246. The van der Waals surface area contributed by atoms with E-state index in [2.05, 4.69) is 54.8 Å². The average molecular weight is 523 g/mol. The van der Waals surface area contributed by atoms with E-state index in [0.717, 1.165) is 51.7 Å². The molecule has 0 bridgehead atoms. The fourth-order valence-electron chi connectivity index (χ4n) is 3.40. The number of nitrogens with zero attached hydrogens (tertiary/aromatic N) is 2. The molecule has 29 heavy (non-hydrogen) atoms. The van der Waals surface area contributed by atoms with Crippen molar-refractivity contribution in [1.29, 1.82) is 0 Å². The van der Waals surface area contributed by atoms with Gasteiger partial charge in [0.25, 0.3) is 0 Å². The van der Waals surface area contributed by atoms with Crippen molar-refractivity contribution in [3.63, 3.8) is 0 Å². The number of pyridine rings is 1. The van der Waals surface area contributed by atoms with Crippen molar-refractivity contribution in [2.45, 2.75) is 43.5 Å². The summed E-state index contributed by atoms with van der Waals surface area (Å²) in [6, 6.07) is 10.1. The number of fused-ring (bicyclic) bond motifs is 1. The Hall–Kier alpha value is -0.700. The maximum atomic E-state index is 12.3. The Morgan fingerprint density at radius 2 is 1.86 bits per heavy atom. The molecule has 1 aliphatic rings. The number of halogens is 3. The number of benzene rings is 1. The molecule has 3 rings (SSSR count). The summed E-state index contributed by atoms with van der Waals surface area (Å²) >= 11 is 9.01. The first-order chi connectivity index (χ1) is 13.5. The van der Waals surface area contributed by atoms with Crippen LogP contribution in [0.1, 0.15) is 36.8 Å². The zero-order chi connectivity index (χ0) is 20.0. The van der Waals surface area contributed by atoms with E-state index in [-0.39, 0.29) is 22.5 Å². The molecule has 0 saturated heterocycles. The van der Waals surface area contributed by atoms with Crippen LogP contribution in [0, 0.1) is 0 Å². The van der Waals surface area contributed by atoms with E-state index in [4.69, 9.17) is 11.6 Å². The molecule has 1 N–H and O–H groups in total. The smallest absolute Gasteiger partial charge is 0.242 e. The quantitative estimate of drug-likeness (QED) is 0.379. The third-order valence-corrected chi connectivity index (χ3v) is 7.55. The van der Waals surface area contributed by atoms with Gasteiger partial charge in [0, 0.05) is 25.8 Å². The normalized spacial score (nSPS) is 14.3. The molecular formula is C20H26BrCl2N3O2S. The SMILES string of the molecule is Cl.O=S(=O)(NCCCCCCN1CCc2ccccc2C1)c1cnc(Cl)c(Br)c1. The fraction of sp³-hybridized carbons (Fsp3) is 0.450. The number of aromatic nitrogens is 1. The van der Waals surface area contributed by atoms with E-state index >= 15 is 0 Å². The predicted octanol–water partition coefficient (Wildman–Crippen LogP) is 4.82. The second-order valence-electron chi connectivity index (χ2n) is 7.05. The van der Waals surface area contributed by atoms with Gasteiger partial charge in [0.05, 0.1) is 4.47 Å². The first-order valence-electron chi connectivity index (χ1n) is 9.55. The lowest BCUT2D eigenvalue weighted by atomic mass is 10.00. The van der Waals surface area contributed by atoms with Crippen molar-refractivity contribution in [2.75, 3.05) is 19.6 Å². The van der Waals surface area contributed by atoms with E-state index < -0.39 is 10.0 Å². The number of sulfonamides is 1. The van der Waals surface area contributed by atoms with E-state index in [9.17, 15) is 8.42 Å². The maximum Gasteiger partial charge on any atom is 0.242 e. The van der Waals surface area contributed by atoms with Crippen LogP contribution < -0.4 is 4.72 Å². The summed E-state index contributed by atoms with van der Waals surface area (Å²) < 4.78 is 27.6. The maximum absolute atomic E-state index is 12.3. The van der Waals surface area contributed by atoms with Crippen LogP contribution in [0.25, 0.3) is 0 Å². The van der Waals surface area contributed by atoms with Crippen molar-refractivity contribution >= 4 is 50.0 Å². The number of rotatable bonds is 9. The lowest BCUT2D eigenvalue weighted by Crippen LogP contribution is -2.31. The summed E-state index contributed by atoms with van der Waals surface area (Å²) in [4.78, 5) is 6.50. The molecule has 1 aromatic heterocycles. The molecule has 0 fully saturated rings.